The first-order chi connectivity index (χ1) is 19.9. The largest absolute Gasteiger partial charge is 0.519 e. The SMILES string of the molecule is Cc1oc(=O)oc1COC(=O)c1ccc2c(c1)NC1C2CC2(O)C3Cc4cccc5c4C2(CCN3CC2CC2)C1O5. The van der Waals surface area contributed by atoms with Crippen molar-refractivity contribution in [2.24, 2.45) is 5.92 Å². The second-order valence-corrected chi connectivity index (χ2v) is 12.9. The van der Waals surface area contributed by atoms with Crippen LogP contribution in [0.5, 0.6) is 5.75 Å². The highest BCUT2D eigenvalue weighted by Crippen LogP contribution is 2.67. The summed E-state index contributed by atoms with van der Waals surface area (Å²) in [4.78, 5) is 26.9. The lowest BCUT2D eigenvalue weighted by Gasteiger charge is -2.65. The zero-order chi connectivity index (χ0) is 27.7. The molecule has 2 bridgehead atoms. The number of anilines is 1. The molecular weight excluding hydrogens is 524 g/mol. The number of piperidine rings is 1. The molecule has 6 unspecified atom stereocenters. The number of fused-ring (bicyclic) bond motifs is 4. The maximum Gasteiger partial charge on any atom is 0.519 e. The topological polar surface area (TPSA) is 114 Å². The highest BCUT2D eigenvalue weighted by molar-refractivity contribution is 5.91. The normalized spacial score (nSPS) is 33.8. The van der Waals surface area contributed by atoms with Crippen molar-refractivity contribution in [1.82, 2.24) is 4.90 Å². The molecule has 3 aliphatic heterocycles. The molecule has 9 heteroatoms. The predicted octanol–water partition coefficient (Wildman–Crippen LogP) is 3.65. The third-order valence-corrected chi connectivity index (χ3v) is 10.9. The van der Waals surface area contributed by atoms with Crippen LogP contribution in [0.4, 0.5) is 5.69 Å². The van der Waals surface area contributed by atoms with E-state index in [2.05, 4.69) is 28.4 Å². The highest BCUT2D eigenvalue weighted by Gasteiger charge is 2.75. The first-order valence-electron chi connectivity index (χ1n) is 14.8. The molecule has 9 rings (SSSR count). The van der Waals surface area contributed by atoms with Gasteiger partial charge in [-0.1, -0.05) is 18.2 Å². The van der Waals surface area contributed by atoms with Crippen molar-refractivity contribution in [3.63, 3.8) is 0 Å². The minimum Gasteiger partial charge on any atom is -0.487 e. The molecular formula is C32H32N2O7. The van der Waals surface area contributed by atoms with Crippen LogP contribution < -0.4 is 15.9 Å². The zero-order valence-corrected chi connectivity index (χ0v) is 22.9. The number of carbonyl (C=O) groups excluding carboxylic acids is 1. The van der Waals surface area contributed by atoms with Gasteiger partial charge in [0.25, 0.3) is 0 Å². The third-order valence-electron chi connectivity index (χ3n) is 10.9. The molecule has 1 aromatic heterocycles. The summed E-state index contributed by atoms with van der Waals surface area (Å²) < 4.78 is 22.1. The monoisotopic (exact) mass is 556 g/mol. The minimum absolute atomic E-state index is 0.0200. The van der Waals surface area contributed by atoms with Gasteiger partial charge in [-0.2, -0.15) is 0 Å². The molecule has 6 atom stereocenters. The third kappa shape index (κ3) is 3.13. The van der Waals surface area contributed by atoms with Crippen LogP contribution in [0.15, 0.2) is 50.0 Å². The fourth-order valence-electron chi connectivity index (χ4n) is 8.99. The van der Waals surface area contributed by atoms with Crippen LogP contribution in [0.1, 0.15) is 70.2 Å². The Kier molecular flexibility index (Phi) is 4.72. The summed E-state index contributed by atoms with van der Waals surface area (Å²) in [5, 5.41) is 16.7. The van der Waals surface area contributed by atoms with Crippen LogP contribution in [0, 0.1) is 12.8 Å². The number of hydrogen-bond acceptors (Lipinski definition) is 9. The van der Waals surface area contributed by atoms with Crippen molar-refractivity contribution in [3.05, 3.63) is 80.8 Å². The van der Waals surface area contributed by atoms with E-state index < -0.39 is 22.8 Å². The van der Waals surface area contributed by atoms with Gasteiger partial charge in [0.2, 0.25) is 0 Å². The quantitative estimate of drug-likeness (QED) is 0.455. The molecule has 6 aliphatic rings. The molecule has 1 spiro atoms. The van der Waals surface area contributed by atoms with Gasteiger partial charge in [-0.15, -0.1) is 0 Å². The maximum absolute atomic E-state index is 13.0. The summed E-state index contributed by atoms with van der Waals surface area (Å²) in [6.45, 7) is 3.46. The van der Waals surface area contributed by atoms with Crippen molar-refractivity contribution in [1.29, 1.82) is 0 Å². The Bertz CT molecular complexity index is 1670. The van der Waals surface area contributed by atoms with E-state index in [0.29, 0.717) is 17.7 Å². The Morgan fingerprint density at radius 3 is 2.90 bits per heavy atom. The fraction of sp³-hybridized carbons (Fsp3) is 0.500. The van der Waals surface area contributed by atoms with Crippen molar-refractivity contribution in [2.45, 2.75) is 80.8 Å². The van der Waals surface area contributed by atoms with Gasteiger partial charge in [0.05, 0.1) is 22.6 Å². The van der Waals surface area contributed by atoms with E-state index in [1.54, 1.807) is 13.0 Å². The summed E-state index contributed by atoms with van der Waals surface area (Å²) in [6, 6.07) is 12.0. The number of carbonyl (C=O) groups is 1. The molecule has 3 aliphatic carbocycles. The number of rotatable bonds is 5. The molecule has 9 nitrogen and oxygen atoms in total. The smallest absolute Gasteiger partial charge is 0.487 e. The van der Waals surface area contributed by atoms with E-state index in [-0.39, 0.29) is 36.5 Å². The molecule has 2 saturated carbocycles. The first-order valence-corrected chi connectivity index (χ1v) is 14.8. The van der Waals surface area contributed by atoms with Gasteiger partial charge < -0.3 is 28.7 Å². The Balaban J connectivity index is 1.06. The number of ether oxygens (including phenoxy) is 2. The number of hydrogen-bond donors (Lipinski definition) is 2. The average Bonchev–Trinajstić information content (AvgIpc) is 3.47. The molecule has 41 heavy (non-hydrogen) atoms. The highest BCUT2D eigenvalue weighted by atomic mass is 16.6. The number of nitrogens with one attached hydrogen (secondary N) is 1. The average molecular weight is 557 g/mol. The van der Waals surface area contributed by atoms with Crippen molar-refractivity contribution >= 4 is 11.7 Å². The molecule has 0 radical (unpaired) electrons. The number of nitrogens with zero attached hydrogens (tertiary/aromatic N) is 1. The number of esters is 1. The van der Waals surface area contributed by atoms with Crippen LogP contribution in [0.3, 0.4) is 0 Å². The number of aliphatic hydroxyl groups is 1. The van der Waals surface area contributed by atoms with Gasteiger partial charge in [0.15, 0.2) is 18.1 Å². The number of benzene rings is 2. The molecule has 3 aromatic rings. The molecule has 212 valence electrons. The van der Waals surface area contributed by atoms with E-state index >= 15 is 0 Å². The standard InChI is InChI=1S/C32H32N2O7/c1-16-24(41-30(36)39-16)15-38-29(35)19-7-8-20-21-13-32(37)25-12-18-3-2-4-23-26(18)31(32,9-10-34(25)14-17-5-6-17)28(40-23)27(21)33-22(20)11-19/h2-4,7-8,11,17,21,25,27-28,33,37H,5-6,9-10,12-15H2,1H3. The molecule has 4 heterocycles. The fourth-order valence-corrected chi connectivity index (χ4v) is 8.99. The molecule has 0 amide bonds. The molecule has 3 fully saturated rings. The Hall–Kier alpha value is -3.56. The van der Waals surface area contributed by atoms with Gasteiger partial charge in [-0.3, -0.25) is 4.90 Å². The van der Waals surface area contributed by atoms with E-state index in [9.17, 15) is 14.7 Å². The number of aryl methyl sites for hydroxylation is 1. The van der Waals surface area contributed by atoms with Crippen LogP contribution in [-0.4, -0.2) is 52.9 Å². The Morgan fingerprint density at radius 1 is 1.22 bits per heavy atom. The van der Waals surface area contributed by atoms with Gasteiger partial charge in [-0.25, -0.2) is 9.59 Å². The van der Waals surface area contributed by atoms with E-state index in [1.165, 1.54) is 24.0 Å². The van der Waals surface area contributed by atoms with E-state index in [4.69, 9.17) is 18.3 Å². The van der Waals surface area contributed by atoms with Crippen molar-refractivity contribution in [2.75, 3.05) is 18.4 Å². The second-order valence-electron chi connectivity index (χ2n) is 12.9. The van der Waals surface area contributed by atoms with Crippen LogP contribution in [0.25, 0.3) is 0 Å². The van der Waals surface area contributed by atoms with Crippen LogP contribution >= 0.6 is 0 Å². The Morgan fingerprint density at radius 2 is 2.10 bits per heavy atom. The lowest BCUT2D eigenvalue weighted by atomic mass is 9.46. The van der Waals surface area contributed by atoms with Crippen molar-refractivity contribution < 1.29 is 28.2 Å². The summed E-state index contributed by atoms with van der Waals surface area (Å²) >= 11 is 0. The van der Waals surface area contributed by atoms with Gasteiger partial charge >= 0.3 is 11.8 Å². The molecule has 2 aromatic carbocycles. The zero-order valence-electron chi connectivity index (χ0n) is 22.9. The molecule has 2 N–H and O–H groups in total. The second kappa shape index (κ2) is 8.04. The summed E-state index contributed by atoms with van der Waals surface area (Å²) in [5.74, 6) is 0.894. The first kappa shape index (κ1) is 24.1. The summed E-state index contributed by atoms with van der Waals surface area (Å²) in [7, 11) is 0. The minimum atomic E-state index is -0.904. The lowest BCUT2D eigenvalue weighted by Crippen LogP contribution is -2.78. The van der Waals surface area contributed by atoms with Gasteiger partial charge in [0.1, 0.15) is 11.9 Å². The molecule has 1 saturated heterocycles. The van der Waals surface area contributed by atoms with Crippen LogP contribution in [0.2, 0.25) is 0 Å². The Labute approximate surface area is 236 Å². The van der Waals surface area contributed by atoms with E-state index in [1.807, 2.05) is 12.1 Å². The van der Waals surface area contributed by atoms with Gasteiger partial charge in [0, 0.05) is 29.8 Å². The predicted molar refractivity (Wildman–Crippen MR) is 146 cm³/mol. The van der Waals surface area contributed by atoms with Crippen LogP contribution in [-0.2, 0) is 23.2 Å². The summed E-state index contributed by atoms with van der Waals surface area (Å²) in [5.41, 5.74) is 3.58. The van der Waals surface area contributed by atoms with E-state index in [0.717, 1.165) is 48.8 Å². The van der Waals surface area contributed by atoms with Crippen molar-refractivity contribution in [3.8, 4) is 5.75 Å². The maximum atomic E-state index is 13.0. The summed E-state index contributed by atoms with van der Waals surface area (Å²) in [6.07, 6.45) is 4.76. The number of likely N-dealkylation sites (tertiary alicyclic amines) is 1. The van der Waals surface area contributed by atoms with Gasteiger partial charge in [-0.05, 0) is 80.8 Å². The lowest BCUT2D eigenvalue weighted by molar-refractivity contribution is -0.191.